The summed E-state index contributed by atoms with van der Waals surface area (Å²) in [7, 11) is 1.67. The summed E-state index contributed by atoms with van der Waals surface area (Å²) >= 11 is 0. The minimum absolute atomic E-state index is 0.254. The first-order valence-corrected chi connectivity index (χ1v) is 8.22. The van der Waals surface area contributed by atoms with E-state index in [1.807, 2.05) is 24.7 Å². The number of aromatic nitrogens is 2. The van der Waals surface area contributed by atoms with E-state index >= 15 is 0 Å². The third-order valence-electron chi connectivity index (χ3n) is 4.10. The molecule has 1 aromatic heterocycles. The highest BCUT2D eigenvalue weighted by atomic mass is 19.1. The SMILES string of the molecule is COc1cccc(C(CCOc2ccc(F)cc2)Cn2ccnc2)c1. The van der Waals surface area contributed by atoms with Crippen LogP contribution in [0.3, 0.4) is 0 Å². The van der Waals surface area contributed by atoms with Crippen molar-refractivity contribution in [3.8, 4) is 11.5 Å². The number of rotatable bonds is 8. The van der Waals surface area contributed by atoms with Crippen LogP contribution in [0.15, 0.2) is 67.3 Å². The molecule has 25 heavy (non-hydrogen) atoms. The quantitative estimate of drug-likeness (QED) is 0.614. The van der Waals surface area contributed by atoms with Gasteiger partial charge < -0.3 is 14.0 Å². The number of hydrogen-bond donors (Lipinski definition) is 0. The van der Waals surface area contributed by atoms with Crippen LogP contribution in [0.2, 0.25) is 0 Å². The zero-order valence-corrected chi connectivity index (χ0v) is 14.1. The lowest BCUT2D eigenvalue weighted by atomic mass is 9.95. The van der Waals surface area contributed by atoms with Crippen molar-refractivity contribution in [1.82, 2.24) is 9.55 Å². The Balaban J connectivity index is 1.68. The molecule has 0 amide bonds. The number of nitrogens with zero attached hydrogens (tertiary/aromatic N) is 2. The van der Waals surface area contributed by atoms with E-state index in [1.165, 1.54) is 17.7 Å². The Morgan fingerprint density at radius 3 is 2.68 bits per heavy atom. The lowest BCUT2D eigenvalue weighted by molar-refractivity contribution is 0.290. The minimum atomic E-state index is -0.262. The predicted molar refractivity (Wildman–Crippen MR) is 94.5 cm³/mol. The van der Waals surface area contributed by atoms with Gasteiger partial charge in [0.25, 0.3) is 0 Å². The van der Waals surface area contributed by atoms with E-state index in [9.17, 15) is 4.39 Å². The van der Waals surface area contributed by atoms with Gasteiger partial charge in [0, 0.05) is 24.9 Å². The summed E-state index contributed by atoms with van der Waals surface area (Å²) in [5.41, 5.74) is 1.19. The Labute approximate surface area is 146 Å². The van der Waals surface area contributed by atoms with E-state index in [4.69, 9.17) is 9.47 Å². The van der Waals surface area contributed by atoms with Gasteiger partial charge in [-0.25, -0.2) is 9.37 Å². The standard InChI is InChI=1S/C20H21FN2O2/c1-24-20-4-2-3-16(13-20)17(14-23-11-10-22-15-23)9-12-25-19-7-5-18(21)6-8-19/h2-8,10-11,13,15,17H,9,12,14H2,1H3. The lowest BCUT2D eigenvalue weighted by Gasteiger charge is -2.19. The van der Waals surface area contributed by atoms with E-state index in [0.29, 0.717) is 12.4 Å². The molecule has 3 aromatic rings. The van der Waals surface area contributed by atoms with Crippen molar-refractivity contribution in [2.45, 2.75) is 18.9 Å². The topological polar surface area (TPSA) is 36.3 Å². The zero-order chi connectivity index (χ0) is 17.5. The molecule has 0 N–H and O–H groups in total. The highest BCUT2D eigenvalue weighted by Gasteiger charge is 2.14. The smallest absolute Gasteiger partial charge is 0.123 e. The molecule has 0 aliphatic heterocycles. The van der Waals surface area contributed by atoms with Gasteiger partial charge in [0.1, 0.15) is 17.3 Å². The fraction of sp³-hybridized carbons (Fsp3) is 0.250. The third kappa shape index (κ3) is 4.83. The maximum Gasteiger partial charge on any atom is 0.123 e. The number of halogens is 1. The molecule has 0 aliphatic carbocycles. The van der Waals surface area contributed by atoms with Crippen molar-refractivity contribution in [2.75, 3.05) is 13.7 Å². The first-order valence-electron chi connectivity index (χ1n) is 8.22. The van der Waals surface area contributed by atoms with Gasteiger partial charge in [0.2, 0.25) is 0 Å². The van der Waals surface area contributed by atoms with Crippen LogP contribution in [-0.2, 0) is 6.54 Å². The number of hydrogen-bond acceptors (Lipinski definition) is 3. The molecule has 3 rings (SSSR count). The lowest BCUT2D eigenvalue weighted by Crippen LogP contribution is -2.12. The third-order valence-corrected chi connectivity index (χ3v) is 4.10. The van der Waals surface area contributed by atoms with Gasteiger partial charge >= 0.3 is 0 Å². The predicted octanol–water partition coefficient (Wildman–Crippen LogP) is 4.28. The second kappa shape index (κ2) is 8.33. The second-order valence-corrected chi connectivity index (χ2v) is 5.82. The minimum Gasteiger partial charge on any atom is -0.497 e. The van der Waals surface area contributed by atoms with Crippen molar-refractivity contribution in [1.29, 1.82) is 0 Å². The summed E-state index contributed by atoms with van der Waals surface area (Å²) in [4.78, 5) is 4.11. The van der Waals surface area contributed by atoms with Crippen molar-refractivity contribution >= 4 is 0 Å². The number of ether oxygens (including phenoxy) is 2. The number of imidazole rings is 1. The van der Waals surface area contributed by atoms with Crippen molar-refractivity contribution in [3.05, 3.63) is 78.6 Å². The largest absolute Gasteiger partial charge is 0.497 e. The second-order valence-electron chi connectivity index (χ2n) is 5.82. The van der Waals surface area contributed by atoms with Crippen LogP contribution in [0, 0.1) is 5.82 Å². The van der Waals surface area contributed by atoms with Crippen molar-refractivity contribution < 1.29 is 13.9 Å². The van der Waals surface area contributed by atoms with Crippen LogP contribution in [-0.4, -0.2) is 23.3 Å². The number of methoxy groups -OCH3 is 1. The first kappa shape index (κ1) is 17.0. The van der Waals surface area contributed by atoms with Gasteiger partial charge in [0.15, 0.2) is 0 Å². The van der Waals surface area contributed by atoms with Crippen LogP contribution < -0.4 is 9.47 Å². The Morgan fingerprint density at radius 2 is 1.96 bits per heavy atom. The molecule has 1 atom stereocenters. The molecule has 0 bridgehead atoms. The van der Waals surface area contributed by atoms with Gasteiger partial charge in [-0.15, -0.1) is 0 Å². The van der Waals surface area contributed by atoms with Crippen LogP contribution in [0.4, 0.5) is 4.39 Å². The molecule has 130 valence electrons. The molecular weight excluding hydrogens is 319 g/mol. The summed E-state index contributed by atoms with van der Waals surface area (Å²) in [5, 5.41) is 0. The van der Waals surface area contributed by atoms with Gasteiger partial charge in [-0.05, 0) is 48.4 Å². The summed E-state index contributed by atoms with van der Waals surface area (Å²) < 4.78 is 26.1. The zero-order valence-electron chi connectivity index (χ0n) is 14.1. The molecule has 0 saturated carbocycles. The Kier molecular flexibility index (Phi) is 5.67. The van der Waals surface area contributed by atoms with Gasteiger partial charge in [0.05, 0.1) is 20.0 Å². The average Bonchev–Trinajstić information content (AvgIpc) is 3.16. The molecule has 0 saturated heterocycles. The Morgan fingerprint density at radius 1 is 1.12 bits per heavy atom. The van der Waals surface area contributed by atoms with Crippen molar-refractivity contribution in [3.63, 3.8) is 0 Å². The van der Waals surface area contributed by atoms with E-state index in [1.54, 1.807) is 25.4 Å². The first-order chi connectivity index (χ1) is 12.2. The van der Waals surface area contributed by atoms with E-state index in [-0.39, 0.29) is 11.7 Å². The molecule has 0 spiro atoms. The monoisotopic (exact) mass is 340 g/mol. The van der Waals surface area contributed by atoms with Crippen molar-refractivity contribution in [2.24, 2.45) is 0 Å². The van der Waals surface area contributed by atoms with E-state index < -0.39 is 0 Å². The number of benzene rings is 2. The normalized spacial score (nSPS) is 11.9. The van der Waals surface area contributed by atoms with Crippen LogP contribution in [0.5, 0.6) is 11.5 Å². The molecule has 0 radical (unpaired) electrons. The van der Waals surface area contributed by atoms with Crippen LogP contribution in [0.1, 0.15) is 17.9 Å². The molecule has 0 aliphatic rings. The fourth-order valence-electron chi connectivity index (χ4n) is 2.76. The summed E-state index contributed by atoms with van der Waals surface area (Å²) in [6.07, 6.45) is 6.36. The maximum atomic E-state index is 13.0. The molecule has 1 heterocycles. The highest BCUT2D eigenvalue weighted by molar-refractivity contribution is 5.31. The Bertz CT molecular complexity index is 773. The highest BCUT2D eigenvalue weighted by Crippen LogP contribution is 2.26. The van der Waals surface area contributed by atoms with Gasteiger partial charge in [-0.2, -0.15) is 0 Å². The Hall–Kier alpha value is -2.82. The summed E-state index contributed by atoms with van der Waals surface area (Å²) in [6, 6.07) is 14.2. The van der Waals surface area contributed by atoms with E-state index in [0.717, 1.165) is 18.7 Å². The van der Waals surface area contributed by atoms with Gasteiger partial charge in [-0.3, -0.25) is 0 Å². The molecule has 1 unspecified atom stereocenters. The fourth-order valence-corrected chi connectivity index (χ4v) is 2.76. The van der Waals surface area contributed by atoms with Crippen LogP contribution in [0.25, 0.3) is 0 Å². The summed E-state index contributed by atoms with van der Waals surface area (Å²) in [6.45, 7) is 1.35. The molecule has 4 nitrogen and oxygen atoms in total. The van der Waals surface area contributed by atoms with Crippen LogP contribution >= 0.6 is 0 Å². The van der Waals surface area contributed by atoms with E-state index in [2.05, 4.69) is 21.7 Å². The molecule has 2 aromatic carbocycles. The summed E-state index contributed by atoms with van der Waals surface area (Å²) in [5.74, 6) is 1.51. The van der Waals surface area contributed by atoms with Gasteiger partial charge in [-0.1, -0.05) is 12.1 Å². The average molecular weight is 340 g/mol. The molecule has 0 fully saturated rings. The maximum absolute atomic E-state index is 13.0. The molecule has 5 heteroatoms. The molecular formula is C20H21FN2O2.